The lowest BCUT2D eigenvalue weighted by atomic mass is 9.96. The van der Waals surface area contributed by atoms with Crippen LogP contribution in [-0.4, -0.2) is 11.6 Å². The number of ether oxygens (including phenoxy) is 1. The molecule has 0 aliphatic carbocycles. The van der Waals surface area contributed by atoms with Crippen LogP contribution in [0.5, 0.6) is 5.75 Å². The van der Waals surface area contributed by atoms with Crippen molar-refractivity contribution in [1.82, 2.24) is 4.98 Å². The molecule has 0 saturated carbocycles. The first-order chi connectivity index (χ1) is 11.3. The molecule has 0 N–H and O–H groups in total. The van der Waals surface area contributed by atoms with E-state index < -0.39 is 0 Å². The third-order valence-corrected chi connectivity index (χ3v) is 4.41. The Bertz CT molecular complexity index is 882. The molecular weight excluding hydrogens is 282 g/mol. The molecule has 0 atom stereocenters. The van der Waals surface area contributed by atoms with Crippen molar-refractivity contribution in [3.63, 3.8) is 0 Å². The summed E-state index contributed by atoms with van der Waals surface area (Å²) in [5.74, 6) is 0.937. The SMILES string of the molecule is [CH]Cc1cc2ccccc2c(-c2cc(C[CH])c3c(c2)OCC3)n1. The van der Waals surface area contributed by atoms with Gasteiger partial charge in [0.2, 0.25) is 0 Å². The van der Waals surface area contributed by atoms with Gasteiger partial charge in [-0.15, -0.1) is 0 Å². The molecule has 23 heavy (non-hydrogen) atoms. The standard InChI is InChI=1S/C21H17NO/c1-3-14-11-16(13-20-18(14)9-10-23-20)21-19-8-6-5-7-15(19)12-17(4-2)22-21/h1-2,5-8,11-13H,3-4,9-10H2. The number of fused-ring (bicyclic) bond motifs is 2. The van der Waals surface area contributed by atoms with Crippen LogP contribution in [0.1, 0.15) is 16.8 Å². The fourth-order valence-electron chi connectivity index (χ4n) is 3.28. The van der Waals surface area contributed by atoms with Gasteiger partial charge in [-0.2, -0.15) is 0 Å². The van der Waals surface area contributed by atoms with Crippen LogP contribution < -0.4 is 4.74 Å². The number of rotatable bonds is 3. The first kappa shape index (κ1) is 14.3. The van der Waals surface area contributed by atoms with Gasteiger partial charge in [-0.3, -0.25) is 4.98 Å². The Morgan fingerprint density at radius 2 is 1.91 bits per heavy atom. The second-order valence-electron chi connectivity index (χ2n) is 5.80. The van der Waals surface area contributed by atoms with Crippen LogP contribution in [0.2, 0.25) is 0 Å². The second kappa shape index (κ2) is 5.69. The van der Waals surface area contributed by atoms with Crippen molar-refractivity contribution in [2.24, 2.45) is 0 Å². The fourth-order valence-corrected chi connectivity index (χ4v) is 3.28. The van der Waals surface area contributed by atoms with Crippen LogP contribution >= 0.6 is 0 Å². The minimum atomic E-state index is 0.420. The molecule has 2 nitrogen and oxygen atoms in total. The van der Waals surface area contributed by atoms with Crippen molar-refractivity contribution in [3.05, 3.63) is 73.1 Å². The smallest absolute Gasteiger partial charge is 0.123 e. The Kier molecular flexibility index (Phi) is 3.53. The predicted octanol–water partition coefficient (Wildman–Crippen LogP) is 4.34. The van der Waals surface area contributed by atoms with Gasteiger partial charge in [0.1, 0.15) is 5.75 Å². The quantitative estimate of drug-likeness (QED) is 0.717. The highest BCUT2D eigenvalue weighted by Gasteiger charge is 2.19. The van der Waals surface area contributed by atoms with Gasteiger partial charge in [0.05, 0.1) is 12.3 Å². The van der Waals surface area contributed by atoms with E-state index in [-0.39, 0.29) is 0 Å². The molecule has 0 unspecified atom stereocenters. The van der Waals surface area contributed by atoms with Crippen molar-refractivity contribution in [2.45, 2.75) is 19.3 Å². The molecular formula is C21H17NO. The highest BCUT2D eigenvalue weighted by Crippen LogP contribution is 2.36. The topological polar surface area (TPSA) is 22.1 Å². The highest BCUT2D eigenvalue weighted by atomic mass is 16.5. The average molecular weight is 299 g/mol. The predicted molar refractivity (Wildman–Crippen MR) is 92.4 cm³/mol. The minimum absolute atomic E-state index is 0.420. The summed E-state index contributed by atoms with van der Waals surface area (Å²) in [4.78, 5) is 4.77. The van der Waals surface area contributed by atoms with Crippen LogP contribution in [0, 0.1) is 13.8 Å². The van der Waals surface area contributed by atoms with Crippen molar-refractivity contribution in [3.8, 4) is 17.0 Å². The lowest BCUT2D eigenvalue weighted by molar-refractivity contribution is 0.357. The number of nitrogens with zero attached hydrogens (tertiary/aromatic N) is 1. The van der Waals surface area contributed by atoms with Crippen LogP contribution in [-0.2, 0) is 19.3 Å². The summed E-state index contributed by atoms with van der Waals surface area (Å²) < 4.78 is 5.76. The molecule has 1 aliphatic rings. The Morgan fingerprint density at radius 3 is 2.74 bits per heavy atom. The largest absolute Gasteiger partial charge is 0.493 e. The zero-order valence-electron chi connectivity index (χ0n) is 12.9. The van der Waals surface area contributed by atoms with Crippen LogP contribution in [0.3, 0.4) is 0 Å². The molecule has 3 aromatic rings. The number of benzene rings is 2. The van der Waals surface area contributed by atoms with E-state index >= 15 is 0 Å². The molecule has 2 aromatic carbocycles. The van der Waals surface area contributed by atoms with Crippen LogP contribution in [0.15, 0.2) is 42.5 Å². The molecule has 1 aliphatic heterocycles. The molecule has 0 spiro atoms. The van der Waals surface area contributed by atoms with Gasteiger partial charge >= 0.3 is 0 Å². The molecule has 2 heterocycles. The van der Waals surface area contributed by atoms with Gasteiger partial charge in [0.15, 0.2) is 0 Å². The second-order valence-corrected chi connectivity index (χ2v) is 5.80. The number of aromatic nitrogens is 1. The van der Waals surface area contributed by atoms with Crippen LogP contribution in [0.4, 0.5) is 0 Å². The molecule has 2 heteroatoms. The molecule has 0 amide bonds. The van der Waals surface area contributed by atoms with E-state index in [0.29, 0.717) is 12.8 Å². The molecule has 0 fully saturated rings. The van der Waals surface area contributed by atoms with Gasteiger partial charge in [0.25, 0.3) is 0 Å². The maximum atomic E-state index is 5.94. The summed E-state index contributed by atoms with van der Waals surface area (Å²) in [6.45, 7) is 12.5. The van der Waals surface area contributed by atoms with E-state index in [9.17, 15) is 0 Å². The normalized spacial score (nSPS) is 13.1. The lowest BCUT2D eigenvalue weighted by Crippen LogP contribution is -1.96. The fraction of sp³-hybridized carbons (Fsp3) is 0.190. The number of hydrogen-bond donors (Lipinski definition) is 0. The van der Waals surface area contributed by atoms with Crippen molar-refractivity contribution < 1.29 is 4.74 Å². The van der Waals surface area contributed by atoms with Gasteiger partial charge in [-0.05, 0) is 55.8 Å². The molecule has 0 saturated heterocycles. The van der Waals surface area contributed by atoms with E-state index in [0.717, 1.165) is 52.1 Å². The first-order valence-electron chi connectivity index (χ1n) is 7.88. The Labute approximate surface area is 137 Å². The first-order valence-corrected chi connectivity index (χ1v) is 7.88. The van der Waals surface area contributed by atoms with Gasteiger partial charge in [0, 0.05) is 28.6 Å². The monoisotopic (exact) mass is 299 g/mol. The summed E-state index contributed by atoms with van der Waals surface area (Å²) in [7, 11) is 0. The van der Waals surface area contributed by atoms with E-state index in [1.54, 1.807) is 0 Å². The minimum Gasteiger partial charge on any atom is -0.493 e. The molecule has 4 radical (unpaired) electrons. The van der Waals surface area contributed by atoms with Gasteiger partial charge < -0.3 is 4.74 Å². The molecule has 1 aromatic heterocycles. The van der Waals surface area contributed by atoms with Crippen molar-refractivity contribution in [2.75, 3.05) is 6.61 Å². The van der Waals surface area contributed by atoms with Crippen molar-refractivity contribution in [1.29, 1.82) is 0 Å². The molecule has 112 valence electrons. The maximum Gasteiger partial charge on any atom is 0.123 e. The van der Waals surface area contributed by atoms with E-state index in [1.807, 2.05) is 18.2 Å². The zero-order valence-corrected chi connectivity index (χ0v) is 12.9. The lowest BCUT2D eigenvalue weighted by Gasteiger charge is -2.12. The summed E-state index contributed by atoms with van der Waals surface area (Å²) >= 11 is 0. The van der Waals surface area contributed by atoms with Gasteiger partial charge in [-0.25, -0.2) is 0 Å². The van der Waals surface area contributed by atoms with E-state index in [1.165, 1.54) is 5.56 Å². The number of pyridine rings is 1. The van der Waals surface area contributed by atoms with E-state index in [4.69, 9.17) is 23.6 Å². The third kappa shape index (κ3) is 2.39. The Hall–Kier alpha value is -2.35. The summed E-state index contributed by atoms with van der Waals surface area (Å²) in [5, 5.41) is 2.26. The average Bonchev–Trinajstić information content (AvgIpc) is 3.08. The van der Waals surface area contributed by atoms with E-state index in [2.05, 4.69) is 24.3 Å². The highest BCUT2D eigenvalue weighted by molar-refractivity contribution is 5.95. The third-order valence-electron chi connectivity index (χ3n) is 4.41. The van der Waals surface area contributed by atoms with Crippen LogP contribution in [0.25, 0.3) is 22.0 Å². The van der Waals surface area contributed by atoms with Gasteiger partial charge in [-0.1, -0.05) is 24.3 Å². The molecule has 4 rings (SSSR count). The maximum absolute atomic E-state index is 5.94. The van der Waals surface area contributed by atoms with Crippen molar-refractivity contribution >= 4 is 10.8 Å². The summed E-state index contributed by atoms with van der Waals surface area (Å²) in [6, 6.07) is 14.5. The summed E-state index contributed by atoms with van der Waals surface area (Å²) in [5.41, 5.74) is 5.23. The Balaban J connectivity index is 1.99. The Morgan fingerprint density at radius 1 is 1.04 bits per heavy atom. The zero-order chi connectivity index (χ0) is 15.8. The molecule has 0 bridgehead atoms. The summed E-state index contributed by atoms with van der Waals surface area (Å²) in [6.07, 6.45) is 1.86. The number of hydrogen-bond acceptors (Lipinski definition) is 2.